The Bertz CT molecular complexity index is 970. The number of carbonyl (C=O) groups is 2. The molecule has 32 heavy (non-hydrogen) atoms. The predicted octanol–water partition coefficient (Wildman–Crippen LogP) is 4.31. The Hall–Kier alpha value is -3.54. The fourth-order valence-corrected chi connectivity index (χ4v) is 4.25. The van der Waals surface area contributed by atoms with Crippen LogP contribution in [-0.2, 0) is 16.1 Å². The summed E-state index contributed by atoms with van der Waals surface area (Å²) in [6.45, 7) is 8.47. The fraction of sp³-hybridized carbons (Fsp3) is 0.478. The molecule has 2 aliphatic rings. The van der Waals surface area contributed by atoms with Gasteiger partial charge in [-0.1, -0.05) is 30.3 Å². The summed E-state index contributed by atoms with van der Waals surface area (Å²) in [5.74, 6) is 0.575. The quantitative estimate of drug-likeness (QED) is 0.679. The maximum absolute atomic E-state index is 12.5. The highest BCUT2D eigenvalue weighted by Gasteiger charge is 2.33. The van der Waals surface area contributed by atoms with Crippen LogP contribution in [0.4, 0.5) is 15.4 Å². The number of likely N-dealkylation sites (tertiary alicyclic amines) is 1. The van der Waals surface area contributed by atoms with Crippen molar-refractivity contribution in [1.29, 1.82) is 0 Å². The van der Waals surface area contributed by atoms with Crippen molar-refractivity contribution in [3.05, 3.63) is 59.1 Å². The predicted molar refractivity (Wildman–Crippen MR) is 117 cm³/mol. The largest absolute Gasteiger partial charge is 0.446 e. The molecule has 1 aromatic carbocycles. The average Bonchev–Trinajstić information content (AvgIpc) is 3.48. The first-order valence-corrected chi connectivity index (χ1v) is 11.0. The van der Waals surface area contributed by atoms with Gasteiger partial charge >= 0.3 is 12.2 Å². The maximum Gasteiger partial charge on any atom is 0.413 e. The van der Waals surface area contributed by atoms with Gasteiger partial charge in [0.2, 0.25) is 6.04 Å². The first-order valence-electron chi connectivity index (χ1n) is 11.0. The zero-order chi connectivity index (χ0) is 22.3. The van der Waals surface area contributed by atoms with Crippen LogP contribution in [0.3, 0.4) is 0 Å². The number of rotatable bonds is 5. The van der Waals surface area contributed by atoms with E-state index in [0.29, 0.717) is 25.3 Å². The first kappa shape index (κ1) is 21.7. The Labute approximate surface area is 186 Å². The van der Waals surface area contributed by atoms with Gasteiger partial charge in [-0.15, -0.1) is 0 Å². The van der Waals surface area contributed by atoms with E-state index in [-0.39, 0.29) is 30.8 Å². The molecule has 2 aromatic rings. The molecule has 4 rings (SSSR count). The second-order valence-electron chi connectivity index (χ2n) is 8.28. The fourth-order valence-electron chi connectivity index (χ4n) is 4.25. The number of H-pyrrole nitrogens is 1. The molecule has 1 saturated carbocycles. The van der Waals surface area contributed by atoms with E-state index in [9.17, 15) is 9.59 Å². The summed E-state index contributed by atoms with van der Waals surface area (Å²) in [5, 5.41) is 9.76. The number of nitrogens with zero attached hydrogens (tertiary/aromatic N) is 3. The third-order valence-electron chi connectivity index (χ3n) is 5.97. The van der Waals surface area contributed by atoms with Gasteiger partial charge in [0.1, 0.15) is 12.7 Å². The highest BCUT2D eigenvalue weighted by Crippen LogP contribution is 2.36. The van der Waals surface area contributed by atoms with Crippen molar-refractivity contribution in [1.82, 2.24) is 15.1 Å². The molecular formula is C23H27N5O4. The van der Waals surface area contributed by atoms with Gasteiger partial charge in [-0.3, -0.25) is 10.4 Å². The number of aromatic nitrogens is 2. The van der Waals surface area contributed by atoms with E-state index in [1.165, 1.54) is 0 Å². The average molecular weight is 438 g/mol. The minimum Gasteiger partial charge on any atom is -0.446 e. The minimum atomic E-state index is -0.565. The van der Waals surface area contributed by atoms with Crippen LogP contribution >= 0.6 is 0 Å². The number of ether oxygens (including phenoxy) is 2. The van der Waals surface area contributed by atoms with E-state index in [1.54, 1.807) is 11.0 Å². The number of hydrogen-bond donors (Lipinski definition) is 2. The molecule has 3 atom stereocenters. The molecule has 168 valence electrons. The van der Waals surface area contributed by atoms with Crippen molar-refractivity contribution in [3.8, 4) is 0 Å². The number of nitrogens with one attached hydrogen (secondary N) is 2. The summed E-state index contributed by atoms with van der Waals surface area (Å²) in [4.78, 5) is 29.7. The topological polar surface area (TPSA) is 101 Å². The Morgan fingerprint density at radius 3 is 2.91 bits per heavy atom. The van der Waals surface area contributed by atoms with Crippen molar-refractivity contribution in [3.63, 3.8) is 0 Å². The Balaban J connectivity index is 1.23. The maximum atomic E-state index is 12.5. The highest BCUT2D eigenvalue weighted by atomic mass is 16.6. The number of anilines is 1. The molecule has 0 bridgehead atoms. The summed E-state index contributed by atoms with van der Waals surface area (Å²) >= 11 is 0. The summed E-state index contributed by atoms with van der Waals surface area (Å²) in [7, 11) is 0. The number of hydrogen-bond acceptors (Lipinski definition) is 5. The van der Waals surface area contributed by atoms with Crippen LogP contribution in [0, 0.1) is 6.57 Å². The molecule has 9 nitrogen and oxygen atoms in total. The van der Waals surface area contributed by atoms with E-state index in [4.69, 9.17) is 16.0 Å². The van der Waals surface area contributed by atoms with Crippen LogP contribution in [0.2, 0.25) is 0 Å². The monoisotopic (exact) mass is 437 g/mol. The second kappa shape index (κ2) is 10.2. The molecule has 0 spiro atoms. The van der Waals surface area contributed by atoms with Gasteiger partial charge in [0.25, 0.3) is 0 Å². The molecule has 1 saturated heterocycles. The van der Waals surface area contributed by atoms with Gasteiger partial charge in [0.15, 0.2) is 5.82 Å². The molecule has 2 amide bonds. The molecule has 2 N–H and O–H groups in total. The summed E-state index contributed by atoms with van der Waals surface area (Å²) in [5.41, 5.74) is 1.80. The molecule has 1 aliphatic heterocycles. The van der Waals surface area contributed by atoms with Gasteiger partial charge in [-0.05, 0) is 31.2 Å². The lowest BCUT2D eigenvalue weighted by molar-refractivity contribution is 0.0589. The van der Waals surface area contributed by atoms with Crippen molar-refractivity contribution < 1.29 is 19.1 Å². The third kappa shape index (κ3) is 5.58. The number of piperidine rings is 1. The molecule has 1 aromatic heterocycles. The zero-order valence-electron chi connectivity index (χ0n) is 17.8. The van der Waals surface area contributed by atoms with Gasteiger partial charge < -0.3 is 19.2 Å². The van der Waals surface area contributed by atoms with E-state index < -0.39 is 6.09 Å². The first-order chi connectivity index (χ1) is 15.6. The number of carbonyl (C=O) groups excluding carboxylic acids is 2. The van der Waals surface area contributed by atoms with Crippen LogP contribution in [0.1, 0.15) is 49.3 Å². The van der Waals surface area contributed by atoms with Crippen LogP contribution in [0.25, 0.3) is 4.85 Å². The molecule has 2 fully saturated rings. The van der Waals surface area contributed by atoms with Crippen molar-refractivity contribution in [2.24, 2.45) is 0 Å². The molecule has 2 heterocycles. The van der Waals surface area contributed by atoms with Crippen molar-refractivity contribution in [2.45, 2.75) is 56.8 Å². The highest BCUT2D eigenvalue weighted by molar-refractivity contribution is 5.83. The van der Waals surface area contributed by atoms with E-state index in [1.807, 2.05) is 30.3 Å². The lowest BCUT2D eigenvalue weighted by Crippen LogP contribution is -2.42. The molecular weight excluding hydrogens is 410 g/mol. The third-order valence-corrected chi connectivity index (χ3v) is 5.97. The molecule has 1 aliphatic carbocycles. The van der Waals surface area contributed by atoms with E-state index >= 15 is 0 Å². The Kier molecular flexibility index (Phi) is 6.90. The number of aromatic amines is 1. The summed E-state index contributed by atoms with van der Waals surface area (Å²) in [6, 6.07) is 11.1. The SMILES string of the molecule is [C-]#[N+][C@H]1CCCN(C(=O)O[C@@H]2CC[C@H](c3cc(NC(=O)OCc4ccccc4)n[nH]3)C2)C1. The Morgan fingerprint density at radius 1 is 1.25 bits per heavy atom. The van der Waals surface area contributed by atoms with Gasteiger partial charge in [0.05, 0.1) is 6.54 Å². The smallest absolute Gasteiger partial charge is 0.413 e. The minimum absolute atomic E-state index is 0.122. The zero-order valence-corrected chi connectivity index (χ0v) is 17.8. The molecule has 0 unspecified atom stereocenters. The van der Waals surface area contributed by atoms with Crippen LogP contribution in [0.5, 0.6) is 0 Å². The van der Waals surface area contributed by atoms with Crippen molar-refractivity contribution >= 4 is 18.0 Å². The van der Waals surface area contributed by atoms with E-state index in [0.717, 1.165) is 36.9 Å². The van der Waals surface area contributed by atoms with Gasteiger partial charge in [-0.2, -0.15) is 5.10 Å². The Morgan fingerprint density at radius 2 is 2.09 bits per heavy atom. The lowest BCUT2D eigenvalue weighted by Gasteiger charge is -2.27. The number of amides is 2. The van der Waals surface area contributed by atoms with Crippen LogP contribution in [0.15, 0.2) is 36.4 Å². The normalized spacial score (nSPS) is 22.7. The summed E-state index contributed by atoms with van der Waals surface area (Å²) in [6.07, 6.45) is 2.98. The van der Waals surface area contributed by atoms with Gasteiger partial charge in [0, 0.05) is 30.6 Å². The molecule has 9 heteroatoms. The van der Waals surface area contributed by atoms with Crippen LogP contribution < -0.4 is 5.32 Å². The molecule has 0 radical (unpaired) electrons. The van der Waals surface area contributed by atoms with Crippen LogP contribution in [-0.4, -0.2) is 52.5 Å². The second-order valence-corrected chi connectivity index (χ2v) is 8.28. The van der Waals surface area contributed by atoms with E-state index in [2.05, 4.69) is 20.4 Å². The summed E-state index contributed by atoms with van der Waals surface area (Å²) < 4.78 is 10.9. The number of benzene rings is 1. The van der Waals surface area contributed by atoms with Gasteiger partial charge in [-0.25, -0.2) is 16.2 Å². The standard InChI is InChI=1S/C23H27N5O4/c1-24-18-8-5-11-28(14-18)23(30)32-19-10-9-17(12-19)20-13-21(27-26-20)25-22(29)31-15-16-6-3-2-4-7-16/h2-4,6-7,13,17-19H,5,8-12,14-15H2,(H2,25,26,27,29)/t17-,18-,19+/m0/s1. The lowest BCUT2D eigenvalue weighted by atomic mass is 10.0. The van der Waals surface area contributed by atoms with Crippen molar-refractivity contribution in [2.75, 3.05) is 18.4 Å².